The number of alkyl halides is 2. The van der Waals surface area contributed by atoms with Gasteiger partial charge in [-0.15, -0.1) is 0 Å². The number of hydroxylamine groups is 1. The minimum absolute atomic E-state index is 0.0787. The van der Waals surface area contributed by atoms with Gasteiger partial charge in [0.2, 0.25) is 0 Å². The van der Waals surface area contributed by atoms with Crippen molar-refractivity contribution < 1.29 is 28.7 Å². The highest BCUT2D eigenvalue weighted by Gasteiger charge is 2.46. The Morgan fingerprint density at radius 1 is 1.04 bits per heavy atom. The maximum absolute atomic E-state index is 13.0. The van der Waals surface area contributed by atoms with Crippen molar-refractivity contribution >= 4 is 17.5 Å². The van der Waals surface area contributed by atoms with Crippen molar-refractivity contribution in [3.05, 3.63) is 54.1 Å². The molecule has 0 radical (unpaired) electrons. The van der Waals surface area contributed by atoms with Gasteiger partial charge in [0, 0.05) is 11.3 Å². The van der Waals surface area contributed by atoms with E-state index < -0.39 is 29.9 Å². The molecule has 0 fully saturated rings. The fraction of sp³-hybridized carbons (Fsp3) is 0.222. The first kappa shape index (κ1) is 20.3. The second-order valence-electron chi connectivity index (χ2n) is 6.11. The number of carbonyl (C=O) groups excluding carboxylic acids is 2. The molecule has 2 amide bonds. The van der Waals surface area contributed by atoms with Crippen molar-refractivity contribution in [3.63, 3.8) is 0 Å². The lowest BCUT2D eigenvalue weighted by atomic mass is 9.95. The van der Waals surface area contributed by atoms with Crippen LogP contribution in [0.2, 0.25) is 0 Å². The number of carbonyl (C=O) groups is 2. The zero-order valence-corrected chi connectivity index (χ0v) is 14.3. The van der Waals surface area contributed by atoms with Gasteiger partial charge in [-0.1, -0.05) is 24.3 Å². The fourth-order valence-electron chi connectivity index (χ4n) is 2.37. The first-order valence-corrected chi connectivity index (χ1v) is 7.88. The minimum atomic E-state index is -3.34. The molecule has 0 saturated carbocycles. The number of rotatable bonds is 6. The van der Waals surface area contributed by atoms with E-state index in [1.54, 1.807) is 36.4 Å². The maximum Gasteiger partial charge on any atom is 0.269 e. The number of halogens is 2. The quantitative estimate of drug-likeness (QED) is 0.296. The maximum atomic E-state index is 13.0. The molecule has 0 aliphatic heterocycles. The van der Waals surface area contributed by atoms with E-state index in [1.807, 2.05) is 5.32 Å². The second kappa shape index (κ2) is 8.11. The topological polar surface area (TPSA) is 125 Å². The van der Waals surface area contributed by atoms with Crippen molar-refractivity contribution in [1.29, 1.82) is 0 Å². The summed E-state index contributed by atoms with van der Waals surface area (Å²) in [6.07, 6.45) is -3.34. The standard InChI is InChI=1S/C18H19F2N3O4/c1-18(26,17(19)20)14(16(25)23-27)22-15(24)12-4-2-10(3-5-12)11-6-8-13(21)9-7-11/h2-9,14,17,26-27H,21H2,1H3,(H,22,24)(H,23,25)/t14-,18+/m1/s1. The van der Waals surface area contributed by atoms with E-state index in [0.29, 0.717) is 12.6 Å². The summed E-state index contributed by atoms with van der Waals surface area (Å²) < 4.78 is 26.0. The Bertz CT molecular complexity index is 808. The Balaban J connectivity index is 2.20. The van der Waals surface area contributed by atoms with Crippen LogP contribution in [0.3, 0.4) is 0 Å². The molecule has 7 nitrogen and oxygen atoms in total. The van der Waals surface area contributed by atoms with Gasteiger partial charge in [-0.25, -0.2) is 14.3 Å². The average Bonchev–Trinajstić information content (AvgIpc) is 2.65. The van der Waals surface area contributed by atoms with Gasteiger partial charge in [0.15, 0.2) is 5.60 Å². The molecule has 0 heterocycles. The van der Waals surface area contributed by atoms with Crippen LogP contribution >= 0.6 is 0 Å². The minimum Gasteiger partial charge on any atom is -0.399 e. The van der Waals surface area contributed by atoms with Crippen molar-refractivity contribution in [2.75, 3.05) is 5.73 Å². The molecule has 2 rings (SSSR count). The molecule has 0 aliphatic carbocycles. The number of nitrogens with one attached hydrogen (secondary N) is 2. The molecule has 0 bridgehead atoms. The SMILES string of the molecule is C[C@@](O)(C(F)F)[C@H](NC(=O)c1ccc(-c2ccc(N)cc2)cc1)C(=O)NO. The highest BCUT2D eigenvalue weighted by Crippen LogP contribution is 2.22. The van der Waals surface area contributed by atoms with Gasteiger partial charge in [-0.2, -0.15) is 0 Å². The highest BCUT2D eigenvalue weighted by molar-refractivity contribution is 5.98. The lowest BCUT2D eigenvalue weighted by molar-refractivity contribution is -0.149. The Labute approximate surface area is 153 Å². The number of hydrogen-bond donors (Lipinski definition) is 5. The molecule has 2 atom stereocenters. The fourth-order valence-corrected chi connectivity index (χ4v) is 2.37. The van der Waals surface area contributed by atoms with E-state index in [0.717, 1.165) is 16.6 Å². The molecule has 9 heteroatoms. The third-order valence-electron chi connectivity index (χ3n) is 4.07. The molecule has 0 unspecified atom stereocenters. The number of hydrogen-bond acceptors (Lipinski definition) is 5. The van der Waals surface area contributed by atoms with Gasteiger partial charge in [0.25, 0.3) is 18.2 Å². The third-order valence-corrected chi connectivity index (χ3v) is 4.07. The Morgan fingerprint density at radius 3 is 1.96 bits per heavy atom. The van der Waals surface area contributed by atoms with Crippen LogP contribution < -0.4 is 16.5 Å². The number of aliphatic hydroxyl groups is 1. The number of benzene rings is 2. The van der Waals surface area contributed by atoms with E-state index in [9.17, 15) is 23.5 Å². The summed E-state index contributed by atoms with van der Waals surface area (Å²) in [4.78, 5) is 23.9. The van der Waals surface area contributed by atoms with Gasteiger partial charge in [-0.05, 0) is 42.3 Å². The summed E-state index contributed by atoms with van der Waals surface area (Å²) in [5.41, 5.74) is 6.24. The van der Waals surface area contributed by atoms with Crippen LogP contribution in [-0.2, 0) is 4.79 Å². The summed E-state index contributed by atoms with van der Waals surface area (Å²) >= 11 is 0. The van der Waals surface area contributed by atoms with Gasteiger partial charge in [-0.3, -0.25) is 14.8 Å². The van der Waals surface area contributed by atoms with E-state index in [1.165, 1.54) is 12.1 Å². The summed E-state index contributed by atoms with van der Waals surface area (Å²) in [7, 11) is 0. The molecule has 0 spiro atoms. The summed E-state index contributed by atoms with van der Waals surface area (Å²) in [6, 6.07) is 11.1. The van der Waals surface area contributed by atoms with E-state index in [4.69, 9.17) is 10.9 Å². The van der Waals surface area contributed by atoms with Crippen molar-refractivity contribution in [3.8, 4) is 11.1 Å². The van der Waals surface area contributed by atoms with E-state index in [-0.39, 0.29) is 5.56 Å². The molecule has 27 heavy (non-hydrogen) atoms. The van der Waals surface area contributed by atoms with Crippen molar-refractivity contribution in [1.82, 2.24) is 10.8 Å². The molecule has 6 N–H and O–H groups in total. The number of amides is 2. The Hall–Kier alpha value is -3.04. The summed E-state index contributed by atoms with van der Waals surface area (Å²) in [5, 5.41) is 20.5. The predicted molar refractivity (Wildman–Crippen MR) is 94.1 cm³/mol. The third kappa shape index (κ3) is 4.57. The molecule has 0 aliphatic rings. The Morgan fingerprint density at radius 2 is 1.52 bits per heavy atom. The largest absolute Gasteiger partial charge is 0.399 e. The van der Waals surface area contributed by atoms with Crippen LogP contribution in [0.4, 0.5) is 14.5 Å². The van der Waals surface area contributed by atoms with Crippen LogP contribution in [-0.4, -0.2) is 40.2 Å². The van der Waals surface area contributed by atoms with Gasteiger partial charge < -0.3 is 16.2 Å². The lowest BCUT2D eigenvalue weighted by Crippen LogP contribution is -2.61. The van der Waals surface area contributed by atoms with Gasteiger partial charge >= 0.3 is 0 Å². The first-order valence-electron chi connectivity index (χ1n) is 7.88. The van der Waals surface area contributed by atoms with Crippen LogP contribution in [0, 0.1) is 0 Å². The van der Waals surface area contributed by atoms with Crippen LogP contribution in [0.25, 0.3) is 11.1 Å². The molecular weight excluding hydrogens is 360 g/mol. The zero-order valence-electron chi connectivity index (χ0n) is 14.3. The van der Waals surface area contributed by atoms with Crippen LogP contribution in [0.1, 0.15) is 17.3 Å². The van der Waals surface area contributed by atoms with Crippen LogP contribution in [0.15, 0.2) is 48.5 Å². The van der Waals surface area contributed by atoms with Crippen molar-refractivity contribution in [2.45, 2.75) is 25.0 Å². The normalized spacial score (nSPS) is 14.3. The van der Waals surface area contributed by atoms with E-state index >= 15 is 0 Å². The number of nitrogens with two attached hydrogens (primary N) is 1. The molecule has 0 saturated heterocycles. The first-order chi connectivity index (χ1) is 12.7. The lowest BCUT2D eigenvalue weighted by Gasteiger charge is -2.30. The Kier molecular flexibility index (Phi) is 6.09. The smallest absolute Gasteiger partial charge is 0.269 e. The van der Waals surface area contributed by atoms with Crippen LogP contribution in [0.5, 0.6) is 0 Å². The molecule has 144 valence electrons. The zero-order chi connectivity index (χ0) is 20.2. The molecule has 2 aromatic rings. The van der Waals surface area contributed by atoms with Gasteiger partial charge in [0.1, 0.15) is 6.04 Å². The highest BCUT2D eigenvalue weighted by atomic mass is 19.3. The monoisotopic (exact) mass is 379 g/mol. The molecule has 2 aromatic carbocycles. The van der Waals surface area contributed by atoms with E-state index in [2.05, 4.69) is 0 Å². The molecular formula is C18H19F2N3O4. The molecule has 0 aromatic heterocycles. The number of anilines is 1. The average molecular weight is 379 g/mol. The van der Waals surface area contributed by atoms with Gasteiger partial charge in [0.05, 0.1) is 0 Å². The van der Waals surface area contributed by atoms with Crippen molar-refractivity contribution in [2.24, 2.45) is 0 Å². The second-order valence-corrected chi connectivity index (χ2v) is 6.11. The number of nitrogen functional groups attached to an aromatic ring is 1. The summed E-state index contributed by atoms with van der Waals surface area (Å²) in [5.74, 6) is -2.24. The summed E-state index contributed by atoms with van der Waals surface area (Å²) in [6.45, 7) is 0.683. The predicted octanol–water partition coefficient (Wildman–Crippen LogP) is 1.56.